The monoisotopic (exact) mass is 291 g/mol. The molecular formula is C16H18ClNO2. The van der Waals surface area contributed by atoms with Crippen molar-refractivity contribution >= 4 is 17.3 Å². The van der Waals surface area contributed by atoms with Gasteiger partial charge in [-0.05, 0) is 43.2 Å². The molecule has 0 atom stereocenters. The molecule has 3 nitrogen and oxygen atoms in total. The van der Waals surface area contributed by atoms with E-state index in [2.05, 4.69) is 0 Å². The number of rotatable bonds is 5. The van der Waals surface area contributed by atoms with E-state index in [1.54, 1.807) is 6.07 Å². The summed E-state index contributed by atoms with van der Waals surface area (Å²) in [6, 6.07) is 11.0. The smallest absolute Gasteiger partial charge is 0.154 e. The average Bonchev–Trinajstić information content (AvgIpc) is 2.44. The van der Waals surface area contributed by atoms with E-state index in [4.69, 9.17) is 26.8 Å². The molecule has 106 valence electrons. The van der Waals surface area contributed by atoms with E-state index in [9.17, 15) is 0 Å². The van der Waals surface area contributed by atoms with Gasteiger partial charge in [-0.15, -0.1) is 0 Å². The van der Waals surface area contributed by atoms with Gasteiger partial charge in [-0.2, -0.15) is 0 Å². The number of hydrogen-bond acceptors (Lipinski definition) is 3. The van der Waals surface area contributed by atoms with Crippen LogP contribution in [0.15, 0.2) is 36.4 Å². The Balaban J connectivity index is 2.27. The maximum atomic E-state index is 6.08. The lowest BCUT2D eigenvalue weighted by molar-refractivity contribution is 0.318. The summed E-state index contributed by atoms with van der Waals surface area (Å²) < 4.78 is 11.4. The molecular weight excluding hydrogens is 274 g/mol. The highest BCUT2D eigenvalue weighted by molar-refractivity contribution is 6.30. The molecule has 2 aromatic rings. The zero-order valence-electron chi connectivity index (χ0n) is 11.7. The van der Waals surface area contributed by atoms with Gasteiger partial charge in [0.05, 0.1) is 6.61 Å². The summed E-state index contributed by atoms with van der Waals surface area (Å²) in [6.45, 7) is 4.63. The molecule has 0 saturated heterocycles. The van der Waals surface area contributed by atoms with Crippen molar-refractivity contribution in [3.63, 3.8) is 0 Å². The van der Waals surface area contributed by atoms with Gasteiger partial charge in [-0.25, -0.2) is 0 Å². The minimum absolute atomic E-state index is 0.500. The Morgan fingerprint density at radius 2 is 1.85 bits per heavy atom. The quantitative estimate of drug-likeness (QED) is 0.804. The third-order valence-electron chi connectivity index (χ3n) is 2.86. The first-order chi connectivity index (χ1) is 9.61. The minimum Gasteiger partial charge on any atom is -0.491 e. The highest BCUT2D eigenvalue weighted by Crippen LogP contribution is 2.36. The van der Waals surface area contributed by atoms with E-state index in [0.29, 0.717) is 34.6 Å². The summed E-state index contributed by atoms with van der Waals surface area (Å²) in [5.74, 6) is 1.91. The van der Waals surface area contributed by atoms with Crippen LogP contribution in [0.4, 0.5) is 5.69 Å². The second-order valence-electron chi connectivity index (χ2n) is 4.53. The van der Waals surface area contributed by atoms with Crippen LogP contribution >= 0.6 is 11.6 Å². The third-order valence-corrected chi connectivity index (χ3v) is 3.09. The van der Waals surface area contributed by atoms with Crippen LogP contribution in [0.1, 0.15) is 18.9 Å². The molecule has 0 amide bonds. The first-order valence-corrected chi connectivity index (χ1v) is 6.95. The molecule has 4 heteroatoms. The number of anilines is 1. The number of nitrogen functional groups attached to an aromatic ring is 1. The summed E-state index contributed by atoms with van der Waals surface area (Å²) in [6.07, 6.45) is 0.928. The molecule has 0 unspecified atom stereocenters. The van der Waals surface area contributed by atoms with Gasteiger partial charge in [0.1, 0.15) is 17.2 Å². The molecule has 20 heavy (non-hydrogen) atoms. The number of aryl methyl sites for hydroxylation is 1. The van der Waals surface area contributed by atoms with Gasteiger partial charge < -0.3 is 15.2 Å². The van der Waals surface area contributed by atoms with Crippen LogP contribution in [0, 0.1) is 6.92 Å². The first kappa shape index (κ1) is 14.5. The zero-order valence-corrected chi connectivity index (χ0v) is 12.4. The van der Waals surface area contributed by atoms with Crippen molar-refractivity contribution in [2.75, 3.05) is 12.3 Å². The molecule has 0 saturated carbocycles. The summed E-state index contributed by atoms with van der Waals surface area (Å²) in [4.78, 5) is 0. The van der Waals surface area contributed by atoms with Crippen LogP contribution in [-0.4, -0.2) is 6.61 Å². The Labute approximate surface area is 124 Å². The molecule has 0 fully saturated rings. The standard InChI is InChI=1S/C16H18ClNO2/c1-3-9-19-13-5-4-6-14(16(13)18)20-15-10-12(17)8-7-11(15)2/h4-8,10H,3,9,18H2,1-2H3. The van der Waals surface area contributed by atoms with Gasteiger partial charge >= 0.3 is 0 Å². The largest absolute Gasteiger partial charge is 0.491 e. The van der Waals surface area contributed by atoms with Gasteiger partial charge in [0, 0.05) is 5.02 Å². The van der Waals surface area contributed by atoms with E-state index >= 15 is 0 Å². The van der Waals surface area contributed by atoms with Crippen LogP contribution in [0.3, 0.4) is 0 Å². The Morgan fingerprint density at radius 1 is 1.10 bits per heavy atom. The molecule has 0 heterocycles. The van der Waals surface area contributed by atoms with E-state index in [-0.39, 0.29) is 0 Å². The number of hydrogen-bond donors (Lipinski definition) is 1. The van der Waals surface area contributed by atoms with Crippen LogP contribution in [-0.2, 0) is 0 Å². The molecule has 2 N–H and O–H groups in total. The van der Waals surface area contributed by atoms with Gasteiger partial charge in [0.2, 0.25) is 0 Å². The summed E-state index contributed by atoms with van der Waals surface area (Å²) in [5.41, 5.74) is 7.57. The van der Waals surface area contributed by atoms with E-state index < -0.39 is 0 Å². The average molecular weight is 292 g/mol. The Kier molecular flexibility index (Phi) is 4.74. The number of benzene rings is 2. The lowest BCUT2D eigenvalue weighted by Gasteiger charge is -2.14. The van der Waals surface area contributed by atoms with Gasteiger partial charge in [-0.1, -0.05) is 30.7 Å². The lowest BCUT2D eigenvalue weighted by atomic mass is 10.2. The lowest BCUT2D eigenvalue weighted by Crippen LogP contribution is -2.00. The summed E-state index contributed by atoms with van der Waals surface area (Å²) >= 11 is 5.99. The number of ether oxygens (including phenoxy) is 2. The van der Waals surface area contributed by atoms with Gasteiger partial charge in [0.15, 0.2) is 5.75 Å². The van der Waals surface area contributed by atoms with Crippen molar-refractivity contribution in [2.24, 2.45) is 0 Å². The molecule has 0 spiro atoms. The summed E-state index contributed by atoms with van der Waals surface area (Å²) in [7, 11) is 0. The van der Waals surface area contributed by atoms with Crippen molar-refractivity contribution in [3.8, 4) is 17.2 Å². The second-order valence-corrected chi connectivity index (χ2v) is 4.96. The normalized spacial score (nSPS) is 10.3. The maximum Gasteiger partial charge on any atom is 0.154 e. The Hall–Kier alpha value is -1.87. The Bertz CT molecular complexity index is 599. The summed E-state index contributed by atoms with van der Waals surface area (Å²) in [5, 5.41) is 0.627. The molecule has 0 bridgehead atoms. The minimum atomic E-state index is 0.500. The number of halogens is 1. The fraction of sp³-hybridized carbons (Fsp3) is 0.250. The second kappa shape index (κ2) is 6.53. The van der Waals surface area contributed by atoms with Crippen molar-refractivity contribution in [1.82, 2.24) is 0 Å². The van der Waals surface area contributed by atoms with Crippen molar-refractivity contribution in [1.29, 1.82) is 0 Å². The maximum absolute atomic E-state index is 6.08. The Morgan fingerprint density at radius 3 is 2.60 bits per heavy atom. The predicted octanol–water partition coefficient (Wildman–Crippen LogP) is 4.81. The van der Waals surface area contributed by atoms with Crippen molar-refractivity contribution in [3.05, 3.63) is 47.0 Å². The van der Waals surface area contributed by atoms with E-state index in [1.807, 2.05) is 44.2 Å². The van der Waals surface area contributed by atoms with Crippen LogP contribution in [0.25, 0.3) is 0 Å². The molecule has 2 aromatic carbocycles. The topological polar surface area (TPSA) is 44.5 Å². The van der Waals surface area contributed by atoms with E-state index in [0.717, 1.165) is 12.0 Å². The van der Waals surface area contributed by atoms with Crippen molar-refractivity contribution in [2.45, 2.75) is 20.3 Å². The predicted molar refractivity (Wildman–Crippen MR) is 82.9 cm³/mol. The third kappa shape index (κ3) is 3.36. The molecule has 2 rings (SSSR count). The molecule has 0 aliphatic rings. The molecule has 0 radical (unpaired) electrons. The van der Waals surface area contributed by atoms with Crippen LogP contribution in [0.2, 0.25) is 5.02 Å². The highest BCUT2D eigenvalue weighted by atomic mass is 35.5. The van der Waals surface area contributed by atoms with Gasteiger partial charge in [-0.3, -0.25) is 0 Å². The molecule has 0 aromatic heterocycles. The number of para-hydroxylation sites is 1. The SMILES string of the molecule is CCCOc1cccc(Oc2cc(Cl)ccc2C)c1N. The van der Waals surface area contributed by atoms with Crippen molar-refractivity contribution < 1.29 is 9.47 Å². The van der Waals surface area contributed by atoms with Gasteiger partial charge in [0.25, 0.3) is 0 Å². The highest BCUT2D eigenvalue weighted by Gasteiger charge is 2.09. The molecule has 0 aliphatic carbocycles. The van der Waals surface area contributed by atoms with E-state index in [1.165, 1.54) is 0 Å². The fourth-order valence-corrected chi connectivity index (χ4v) is 1.92. The molecule has 0 aliphatic heterocycles. The van der Waals surface area contributed by atoms with Crippen LogP contribution in [0.5, 0.6) is 17.2 Å². The first-order valence-electron chi connectivity index (χ1n) is 6.57. The fourth-order valence-electron chi connectivity index (χ4n) is 1.75. The number of nitrogens with two attached hydrogens (primary N) is 1. The van der Waals surface area contributed by atoms with Crippen LogP contribution < -0.4 is 15.2 Å². The zero-order chi connectivity index (χ0) is 14.5.